The van der Waals surface area contributed by atoms with Gasteiger partial charge in [-0.1, -0.05) is 11.2 Å². The average Bonchev–Trinajstić information content (AvgIpc) is 2.77. The van der Waals surface area contributed by atoms with Crippen molar-refractivity contribution in [2.75, 3.05) is 33.9 Å². The van der Waals surface area contributed by atoms with E-state index in [0.29, 0.717) is 37.4 Å². The van der Waals surface area contributed by atoms with Crippen LogP contribution in [0.1, 0.15) is 45.6 Å². The number of hydrogen-bond acceptors (Lipinski definition) is 7. The summed E-state index contributed by atoms with van der Waals surface area (Å²) in [7, 11) is 3.16. The highest BCUT2D eigenvalue weighted by Crippen LogP contribution is 2.27. The Kier molecular flexibility index (Phi) is 9.62. The molecular formula is C23H36N4O6. The number of likely N-dealkylation sites (tertiary alicyclic amines) is 1. The van der Waals surface area contributed by atoms with Crippen molar-refractivity contribution in [1.29, 1.82) is 0 Å². The molecule has 1 saturated heterocycles. The van der Waals surface area contributed by atoms with Gasteiger partial charge in [-0.3, -0.25) is 9.69 Å². The molecule has 33 heavy (non-hydrogen) atoms. The van der Waals surface area contributed by atoms with E-state index in [1.165, 1.54) is 0 Å². The van der Waals surface area contributed by atoms with E-state index in [1.807, 2.05) is 39.0 Å². The van der Waals surface area contributed by atoms with Gasteiger partial charge in [-0.25, -0.2) is 4.79 Å². The SMILES string of the molecule is COc1ccc(CCNC(=O)CO/N=C(\N)C2CCCCN2C(=O)OC(C)(C)C)cc1OC. The van der Waals surface area contributed by atoms with Gasteiger partial charge in [0.15, 0.2) is 23.9 Å². The quantitative estimate of drug-likeness (QED) is 0.327. The molecule has 0 aromatic heterocycles. The molecule has 1 aliphatic rings. The van der Waals surface area contributed by atoms with Crippen molar-refractivity contribution in [1.82, 2.24) is 10.2 Å². The fourth-order valence-electron chi connectivity index (χ4n) is 3.44. The van der Waals surface area contributed by atoms with E-state index in [0.717, 1.165) is 18.4 Å². The van der Waals surface area contributed by atoms with E-state index in [-0.39, 0.29) is 18.3 Å². The summed E-state index contributed by atoms with van der Waals surface area (Å²) in [6.07, 6.45) is 2.63. The van der Waals surface area contributed by atoms with Gasteiger partial charge in [0.1, 0.15) is 5.60 Å². The number of rotatable bonds is 9. The van der Waals surface area contributed by atoms with Crippen LogP contribution in [0.5, 0.6) is 11.5 Å². The molecule has 10 heteroatoms. The molecular weight excluding hydrogens is 428 g/mol. The molecule has 1 atom stereocenters. The van der Waals surface area contributed by atoms with Crippen molar-refractivity contribution in [3.05, 3.63) is 23.8 Å². The Hall–Kier alpha value is -3.17. The van der Waals surface area contributed by atoms with Crippen LogP contribution in [0.2, 0.25) is 0 Å². The van der Waals surface area contributed by atoms with Crippen molar-refractivity contribution in [3.63, 3.8) is 0 Å². The summed E-state index contributed by atoms with van der Waals surface area (Å²) in [5, 5.41) is 6.65. The van der Waals surface area contributed by atoms with E-state index in [9.17, 15) is 9.59 Å². The number of amidine groups is 1. The molecule has 0 saturated carbocycles. The lowest BCUT2D eigenvalue weighted by atomic mass is 10.0. The number of methoxy groups -OCH3 is 2. The second-order valence-corrected chi connectivity index (χ2v) is 8.76. The van der Waals surface area contributed by atoms with Gasteiger partial charge in [0.25, 0.3) is 5.91 Å². The minimum absolute atomic E-state index is 0.152. The zero-order valence-electron chi connectivity index (χ0n) is 20.2. The molecule has 0 bridgehead atoms. The third-order valence-electron chi connectivity index (χ3n) is 5.02. The van der Waals surface area contributed by atoms with Crippen LogP contribution >= 0.6 is 0 Å². The lowest BCUT2D eigenvalue weighted by Crippen LogP contribution is -2.52. The monoisotopic (exact) mass is 464 g/mol. The highest BCUT2D eigenvalue weighted by atomic mass is 16.6. The van der Waals surface area contributed by atoms with E-state index in [4.69, 9.17) is 24.8 Å². The number of ether oxygens (including phenoxy) is 3. The van der Waals surface area contributed by atoms with Crippen LogP contribution in [-0.4, -0.2) is 68.3 Å². The van der Waals surface area contributed by atoms with Crippen LogP contribution in [0.3, 0.4) is 0 Å². The number of nitrogens with two attached hydrogens (primary N) is 1. The van der Waals surface area contributed by atoms with Crippen LogP contribution < -0.4 is 20.5 Å². The van der Waals surface area contributed by atoms with Crippen LogP contribution in [0, 0.1) is 0 Å². The van der Waals surface area contributed by atoms with Gasteiger partial charge >= 0.3 is 6.09 Å². The molecule has 1 fully saturated rings. The maximum atomic E-state index is 12.5. The van der Waals surface area contributed by atoms with Gasteiger partial charge < -0.3 is 30.1 Å². The molecule has 0 radical (unpaired) electrons. The van der Waals surface area contributed by atoms with Crippen LogP contribution in [-0.2, 0) is 20.8 Å². The van der Waals surface area contributed by atoms with Crippen molar-refractivity contribution in [3.8, 4) is 11.5 Å². The minimum Gasteiger partial charge on any atom is -0.493 e. The number of carbonyl (C=O) groups is 2. The summed E-state index contributed by atoms with van der Waals surface area (Å²) in [4.78, 5) is 31.3. The predicted molar refractivity (Wildman–Crippen MR) is 124 cm³/mol. The summed E-state index contributed by atoms with van der Waals surface area (Å²) in [5.41, 5.74) is 6.47. The summed E-state index contributed by atoms with van der Waals surface area (Å²) in [6.45, 7) is 6.13. The Morgan fingerprint density at radius 1 is 1.18 bits per heavy atom. The number of amides is 2. The lowest BCUT2D eigenvalue weighted by molar-refractivity contribution is -0.125. The standard InChI is InChI=1S/C23H36N4O6/c1-23(2,3)33-22(29)27-13-7-6-8-17(27)21(24)26-32-15-20(28)25-12-11-16-9-10-18(30-4)19(14-16)31-5/h9-10,14,17H,6-8,11-13,15H2,1-5H3,(H2,24,26)(H,25,28). The largest absolute Gasteiger partial charge is 0.493 e. The Bertz CT molecular complexity index is 837. The highest BCUT2D eigenvalue weighted by Gasteiger charge is 2.33. The summed E-state index contributed by atoms with van der Waals surface area (Å²) in [5.74, 6) is 1.12. The molecule has 3 N–H and O–H groups in total. The predicted octanol–water partition coefficient (Wildman–Crippen LogP) is 2.44. The summed E-state index contributed by atoms with van der Waals surface area (Å²) >= 11 is 0. The smallest absolute Gasteiger partial charge is 0.410 e. The van der Waals surface area contributed by atoms with Gasteiger partial charge in [-0.2, -0.15) is 0 Å². The molecule has 0 aliphatic carbocycles. The lowest BCUT2D eigenvalue weighted by Gasteiger charge is -2.36. The van der Waals surface area contributed by atoms with Crippen molar-refractivity contribution >= 4 is 17.8 Å². The number of carbonyl (C=O) groups excluding carboxylic acids is 2. The molecule has 1 aromatic carbocycles. The van der Waals surface area contributed by atoms with E-state index >= 15 is 0 Å². The van der Waals surface area contributed by atoms with Gasteiger partial charge in [-0.05, 0) is 64.2 Å². The van der Waals surface area contributed by atoms with Gasteiger partial charge in [0.05, 0.1) is 20.3 Å². The molecule has 1 aromatic rings. The number of piperidine rings is 1. The maximum absolute atomic E-state index is 12.5. The summed E-state index contributed by atoms with van der Waals surface area (Å²) < 4.78 is 16.0. The summed E-state index contributed by atoms with van der Waals surface area (Å²) in [6, 6.07) is 5.19. The average molecular weight is 465 g/mol. The number of nitrogens with zero attached hydrogens (tertiary/aromatic N) is 2. The van der Waals surface area contributed by atoms with Crippen LogP contribution in [0.4, 0.5) is 4.79 Å². The first-order valence-electron chi connectivity index (χ1n) is 11.1. The topological polar surface area (TPSA) is 125 Å². The van der Waals surface area contributed by atoms with Gasteiger partial charge in [-0.15, -0.1) is 0 Å². The molecule has 2 rings (SSSR count). The number of oxime groups is 1. The third-order valence-corrected chi connectivity index (χ3v) is 5.02. The number of nitrogens with one attached hydrogen (secondary N) is 1. The second kappa shape index (κ2) is 12.2. The molecule has 2 amide bonds. The van der Waals surface area contributed by atoms with Crippen molar-refractivity contribution < 1.29 is 28.6 Å². The minimum atomic E-state index is -0.601. The van der Waals surface area contributed by atoms with E-state index in [2.05, 4.69) is 10.5 Å². The second-order valence-electron chi connectivity index (χ2n) is 8.76. The highest BCUT2D eigenvalue weighted by molar-refractivity contribution is 5.88. The number of hydrogen-bond donors (Lipinski definition) is 2. The van der Waals surface area contributed by atoms with Crippen LogP contribution in [0.15, 0.2) is 23.4 Å². The fourth-order valence-corrected chi connectivity index (χ4v) is 3.44. The van der Waals surface area contributed by atoms with Gasteiger partial charge in [0.2, 0.25) is 0 Å². The molecule has 1 aliphatic heterocycles. The van der Waals surface area contributed by atoms with E-state index in [1.54, 1.807) is 19.1 Å². The third kappa shape index (κ3) is 8.36. The normalized spacial score (nSPS) is 16.7. The van der Waals surface area contributed by atoms with Crippen molar-refractivity contribution in [2.24, 2.45) is 10.9 Å². The molecule has 10 nitrogen and oxygen atoms in total. The zero-order valence-corrected chi connectivity index (χ0v) is 20.2. The molecule has 0 spiro atoms. The Morgan fingerprint density at radius 2 is 1.91 bits per heavy atom. The fraction of sp³-hybridized carbons (Fsp3) is 0.609. The first kappa shape index (κ1) is 26.1. The van der Waals surface area contributed by atoms with Gasteiger partial charge in [0, 0.05) is 13.1 Å². The zero-order chi connectivity index (χ0) is 24.4. The maximum Gasteiger partial charge on any atom is 0.410 e. The Labute approximate surface area is 195 Å². The first-order valence-corrected chi connectivity index (χ1v) is 11.1. The van der Waals surface area contributed by atoms with Crippen LogP contribution in [0.25, 0.3) is 0 Å². The number of benzene rings is 1. The first-order chi connectivity index (χ1) is 15.6. The molecule has 1 unspecified atom stereocenters. The molecule has 1 heterocycles. The Balaban J connectivity index is 1.80. The van der Waals surface area contributed by atoms with Crippen molar-refractivity contribution in [2.45, 2.75) is 58.1 Å². The van der Waals surface area contributed by atoms with E-state index < -0.39 is 17.7 Å². The molecule has 184 valence electrons. The Morgan fingerprint density at radius 3 is 2.58 bits per heavy atom.